The number of nitrogens with one attached hydrogen (secondary N) is 1. The second-order valence-electron chi connectivity index (χ2n) is 4.22. The molecule has 0 saturated carbocycles. The Morgan fingerprint density at radius 3 is 3.00 bits per heavy atom. The van der Waals surface area contributed by atoms with E-state index in [-0.39, 0.29) is 12.0 Å². The van der Waals surface area contributed by atoms with Crippen molar-refractivity contribution >= 4 is 17.5 Å². The number of carbonyl (C=O) groups excluding carboxylic acids is 1. The Balaban J connectivity index is 1.99. The SMILES string of the molecule is Cc1nn(C)c(C(=O)NCC2CCCO2)c1Cl. The van der Waals surface area contributed by atoms with Crippen molar-refractivity contribution in [3.05, 3.63) is 16.4 Å². The van der Waals surface area contributed by atoms with Crippen molar-refractivity contribution in [1.82, 2.24) is 15.1 Å². The molecule has 2 heterocycles. The maximum absolute atomic E-state index is 11.9. The molecule has 5 nitrogen and oxygen atoms in total. The van der Waals surface area contributed by atoms with E-state index in [9.17, 15) is 4.79 Å². The van der Waals surface area contributed by atoms with Crippen LogP contribution in [0.1, 0.15) is 29.0 Å². The van der Waals surface area contributed by atoms with Gasteiger partial charge in [0.05, 0.1) is 16.8 Å². The van der Waals surface area contributed by atoms with Gasteiger partial charge in [-0.3, -0.25) is 9.48 Å². The molecule has 1 fully saturated rings. The summed E-state index contributed by atoms with van der Waals surface area (Å²) in [5.74, 6) is -0.200. The molecule has 17 heavy (non-hydrogen) atoms. The third kappa shape index (κ3) is 2.61. The van der Waals surface area contributed by atoms with Gasteiger partial charge in [0.15, 0.2) is 0 Å². The highest BCUT2D eigenvalue weighted by Gasteiger charge is 2.21. The first-order valence-corrected chi connectivity index (χ1v) is 6.06. The lowest BCUT2D eigenvalue weighted by atomic mass is 10.2. The molecule has 1 aromatic rings. The molecule has 1 N–H and O–H groups in total. The van der Waals surface area contributed by atoms with Crippen molar-refractivity contribution in [2.75, 3.05) is 13.2 Å². The topological polar surface area (TPSA) is 56.2 Å². The normalized spacial score (nSPS) is 19.6. The van der Waals surface area contributed by atoms with Crippen molar-refractivity contribution in [3.8, 4) is 0 Å². The molecular weight excluding hydrogens is 242 g/mol. The zero-order valence-corrected chi connectivity index (χ0v) is 10.8. The fourth-order valence-corrected chi connectivity index (χ4v) is 2.22. The van der Waals surface area contributed by atoms with Gasteiger partial charge in [-0.25, -0.2) is 0 Å². The molecule has 1 saturated heterocycles. The van der Waals surface area contributed by atoms with E-state index in [0.29, 0.717) is 23.0 Å². The average molecular weight is 258 g/mol. The summed E-state index contributed by atoms with van der Waals surface area (Å²) < 4.78 is 6.94. The van der Waals surface area contributed by atoms with Crippen LogP contribution in [-0.4, -0.2) is 34.9 Å². The lowest BCUT2D eigenvalue weighted by Gasteiger charge is -2.10. The zero-order valence-electron chi connectivity index (χ0n) is 9.99. The van der Waals surface area contributed by atoms with E-state index in [1.54, 1.807) is 14.0 Å². The quantitative estimate of drug-likeness (QED) is 0.888. The Bertz CT molecular complexity index is 425. The summed E-state index contributed by atoms with van der Waals surface area (Å²) >= 11 is 6.03. The van der Waals surface area contributed by atoms with Crippen LogP contribution < -0.4 is 5.32 Å². The fourth-order valence-electron chi connectivity index (χ4n) is 1.97. The van der Waals surface area contributed by atoms with Crippen molar-refractivity contribution < 1.29 is 9.53 Å². The first-order valence-electron chi connectivity index (χ1n) is 5.68. The van der Waals surface area contributed by atoms with Crippen LogP contribution in [0.2, 0.25) is 5.02 Å². The minimum absolute atomic E-state index is 0.132. The lowest BCUT2D eigenvalue weighted by Crippen LogP contribution is -2.33. The summed E-state index contributed by atoms with van der Waals surface area (Å²) in [6.07, 6.45) is 2.19. The molecule has 0 aromatic carbocycles. The van der Waals surface area contributed by atoms with Crippen LogP contribution in [0, 0.1) is 6.92 Å². The summed E-state index contributed by atoms with van der Waals surface area (Å²) in [7, 11) is 1.71. The molecule has 0 aliphatic carbocycles. The molecule has 1 aliphatic rings. The summed E-state index contributed by atoms with van der Waals surface area (Å²) in [6.45, 7) is 3.09. The van der Waals surface area contributed by atoms with Crippen LogP contribution in [0.5, 0.6) is 0 Å². The van der Waals surface area contributed by atoms with Crippen LogP contribution in [-0.2, 0) is 11.8 Å². The Morgan fingerprint density at radius 2 is 2.47 bits per heavy atom. The van der Waals surface area contributed by atoms with Crippen molar-refractivity contribution in [1.29, 1.82) is 0 Å². The van der Waals surface area contributed by atoms with Gasteiger partial charge >= 0.3 is 0 Å². The van der Waals surface area contributed by atoms with Gasteiger partial charge in [-0.2, -0.15) is 5.10 Å². The maximum Gasteiger partial charge on any atom is 0.271 e. The number of halogens is 1. The maximum atomic E-state index is 11.9. The van der Waals surface area contributed by atoms with Gasteiger partial charge in [-0.05, 0) is 19.8 Å². The van der Waals surface area contributed by atoms with E-state index < -0.39 is 0 Å². The smallest absolute Gasteiger partial charge is 0.271 e. The Labute approximate surface area is 105 Å². The predicted octanol–water partition coefficient (Wildman–Crippen LogP) is 1.29. The second kappa shape index (κ2) is 5.06. The Hall–Kier alpha value is -1.07. The average Bonchev–Trinajstić information content (AvgIpc) is 2.86. The highest BCUT2D eigenvalue weighted by Crippen LogP contribution is 2.19. The highest BCUT2D eigenvalue weighted by atomic mass is 35.5. The van der Waals surface area contributed by atoms with E-state index in [4.69, 9.17) is 16.3 Å². The van der Waals surface area contributed by atoms with Gasteiger partial charge in [0.2, 0.25) is 0 Å². The van der Waals surface area contributed by atoms with Crippen molar-refractivity contribution in [2.24, 2.45) is 7.05 Å². The predicted molar refractivity (Wildman–Crippen MR) is 64.3 cm³/mol. The number of hydrogen-bond donors (Lipinski definition) is 1. The number of ether oxygens (including phenoxy) is 1. The summed E-state index contributed by atoms with van der Waals surface area (Å²) in [6, 6.07) is 0. The monoisotopic (exact) mass is 257 g/mol. The second-order valence-corrected chi connectivity index (χ2v) is 4.59. The molecule has 2 rings (SSSR count). The molecule has 1 atom stereocenters. The van der Waals surface area contributed by atoms with Gasteiger partial charge in [0.25, 0.3) is 5.91 Å². The van der Waals surface area contributed by atoms with Crippen LogP contribution in [0.4, 0.5) is 0 Å². The van der Waals surface area contributed by atoms with Crippen LogP contribution in [0.25, 0.3) is 0 Å². The third-order valence-corrected chi connectivity index (χ3v) is 3.33. The third-order valence-electron chi connectivity index (χ3n) is 2.88. The minimum Gasteiger partial charge on any atom is -0.376 e. The van der Waals surface area contributed by atoms with Crippen LogP contribution in [0.15, 0.2) is 0 Å². The standard InChI is InChI=1S/C11H16ClN3O2/c1-7-9(12)10(15(2)14-7)11(16)13-6-8-4-3-5-17-8/h8H,3-6H2,1-2H3,(H,13,16). The summed E-state index contributed by atoms with van der Waals surface area (Å²) in [5.41, 5.74) is 1.07. The largest absolute Gasteiger partial charge is 0.376 e. The van der Waals surface area contributed by atoms with Crippen LogP contribution in [0.3, 0.4) is 0 Å². The number of nitrogens with zero attached hydrogens (tertiary/aromatic N) is 2. The molecule has 0 radical (unpaired) electrons. The molecule has 1 aromatic heterocycles. The highest BCUT2D eigenvalue weighted by molar-refractivity contribution is 6.34. The van der Waals surface area contributed by atoms with E-state index in [0.717, 1.165) is 19.4 Å². The fraction of sp³-hybridized carbons (Fsp3) is 0.636. The molecule has 1 unspecified atom stereocenters. The van der Waals surface area contributed by atoms with E-state index >= 15 is 0 Å². The lowest BCUT2D eigenvalue weighted by molar-refractivity contribution is 0.0850. The summed E-state index contributed by atoms with van der Waals surface area (Å²) in [5, 5.41) is 7.34. The van der Waals surface area contributed by atoms with Gasteiger partial charge in [0, 0.05) is 20.2 Å². The summed E-state index contributed by atoms with van der Waals surface area (Å²) in [4.78, 5) is 11.9. The van der Waals surface area contributed by atoms with Gasteiger partial charge < -0.3 is 10.1 Å². The van der Waals surface area contributed by atoms with E-state index in [1.165, 1.54) is 4.68 Å². The molecular formula is C11H16ClN3O2. The van der Waals surface area contributed by atoms with E-state index in [1.807, 2.05) is 0 Å². The number of rotatable bonds is 3. The molecule has 1 amide bonds. The number of amides is 1. The first-order chi connectivity index (χ1) is 8.09. The Kier molecular flexibility index (Phi) is 3.69. The molecule has 0 bridgehead atoms. The van der Waals surface area contributed by atoms with Gasteiger partial charge in [0.1, 0.15) is 5.69 Å². The van der Waals surface area contributed by atoms with Gasteiger partial charge in [-0.15, -0.1) is 0 Å². The zero-order chi connectivity index (χ0) is 12.4. The number of aryl methyl sites for hydroxylation is 2. The number of hydrogen-bond acceptors (Lipinski definition) is 3. The number of carbonyl (C=O) groups is 1. The Morgan fingerprint density at radius 1 is 1.71 bits per heavy atom. The van der Waals surface area contributed by atoms with Gasteiger partial charge in [-0.1, -0.05) is 11.6 Å². The van der Waals surface area contributed by atoms with Crippen molar-refractivity contribution in [3.63, 3.8) is 0 Å². The molecule has 6 heteroatoms. The minimum atomic E-state index is -0.200. The molecule has 1 aliphatic heterocycles. The first kappa shape index (κ1) is 12.4. The van der Waals surface area contributed by atoms with E-state index in [2.05, 4.69) is 10.4 Å². The molecule has 0 spiro atoms. The van der Waals surface area contributed by atoms with Crippen molar-refractivity contribution in [2.45, 2.75) is 25.9 Å². The van der Waals surface area contributed by atoms with Crippen LogP contribution >= 0.6 is 11.6 Å². The number of aromatic nitrogens is 2. The molecule has 94 valence electrons.